The first-order chi connectivity index (χ1) is 11.3. The number of nitrogens with one attached hydrogen (secondary N) is 1. The van der Waals surface area contributed by atoms with Gasteiger partial charge in [-0.1, -0.05) is 11.2 Å². The van der Waals surface area contributed by atoms with Gasteiger partial charge in [0.15, 0.2) is 0 Å². The number of amides is 2. The van der Waals surface area contributed by atoms with Gasteiger partial charge in [-0.3, -0.25) is 4.90 Å². The molecule has 1 N–H and O–H groups in total. The lowest BCUT2D eigenvalue weighted by atomic mass is 10.1. The van der Waals surface area contributed by atoms with Crippen molar-refractivity contribution in [3.8, 4) is 22.8 Å². The third-order valence-electron chi connectivity index (χ3n) is 3.69. The quantitative estimate of drug-likeness (QED) is 0.801. The molecule has 2 amide bonds. The Hall–Kier alpha value is -2.67. The van der Waals surface area contributed by atoms with Crippen LogP contribution in [0.2, 0.25) is 0 Å². The molecule has 1 saturated heterocycles. The Morgan fingerprint density at radius 1 is 1.26 bits per heavy atom. The monoisotopic (exact) mass is 326 g/mol. The summed E-state index contributed by atoms with van der Waals surface area (Å²) in [4.78, 5) is 18.1. The van der Waals surface area contributed by atoms with Crippen LogP contribution < -0.4 is 10.2 Å². The maximum Gasteiger partial charge on any atom is 0.321 e. The largest absolute Gasteiger partial charge is 0.338 e. The van der Waals surface area contributed by atoms with Crippen molar-refractivity contribution in [1.29, 1.82) is 0 Å². The van der Waals surface area contributed by atoms with Crippen LogP contribution in [0.1, 0.15) is 6.42 Å². The van der Waals surface area contributed by atoms with Crippen LogP contribution in [0.5, 0.6) is 0 Å². The van der Waals surface area contributed by atoms with Crippen LogP contribution in [0.15, 0.2) is 45.6 Å². The van der Waals surface area contributed by atoms with Gasteiger partial charge in [0.1, 0.15) is 0 Å². The van der Waals surface area contributed by atoms with E-state index in [2.05, 4.69) is 15.5 Å². The third kappa shape index (κ3) is 2.70. The molecule has 3 aromatic rings. The van der Waals surface area contributed by atoms with Crippen LogP contribution in [-0.2, 0) is 0 Å². The number of nitrogens with zero attached hydrogens (tertiary/aromatic N) is 3. The van der Waals surface area contributed by atoms with Gasteiger partial charge >= 0.3 is 6.03 Å². The summed E-state index contributed by atoms with van der Waals surface area (Å²) in [6.45, 7) is 1.43. The fourth-order valence-corrected chi connectivity index (χ4v) is 3.17. The molecule has 3 heterocycles. The molecule has 23 heavy (non-hydrogen) atoms. The van der Waals surface area contributed by atoms with E-state index in [0.717, 1.165) is 29.8 Å². The SMILES string of the molecule is O=C1NCCCN1c1cccc(-c2nc(-c3ccsc3)no2)c1. The van der Waals surface area contributed by atoms with Crippen molar-refractivity contribution in [2.75, 3.05) is 18.0 Å². The van der Waals surface area contributed by atoms with Crippen LogP contribution >= 0.6 is 11.3 Å². The molecule has 0 aliphatic carbocycles. The van der Waals surface area contributed by atoms with E-state index < -0.39 is 0 Å². The van der Waals surface area contributed by atoms with Gasteiger partial charge < -0.3 is 9.84 Å². The molecule has 0 spiro atoms. The summed E-state index contributed by atoms with van der Waals surface area (Å²) in [5.41, 5.74) is 2.57. The molecule has 0 radical (unpaired) electrons. The number of anilines is 1. The van der Waals surface area contributed by atoms with Gasteiger partial charge in [0.05, 0.1) is 0 Å². The highest BCUT2D eigenvalue weighted by atomic mass is 32.1. The topological polar surface area (TPSA) is 71.3 Å². The Balaban J connectivity index is 1.65. The lowest BCUT2D eigenvalue weighted by Crippen LogP contribution is -2.46. The number of thiophene rings is 1. The van der Waals surface area contributed by atoms with Crippen LogP contribution in [0, 0.1) is 0 Å². The van der Waals surface area contributed by atoms with Crippen LogP contribution in [0.25, 0.3) is 22.8 Å². The maximum atomic E-state index is 12.0. The molecule has 1 aromatic carbocycles. The number of rotatable bonds is 3. The number of carbonyl (C=O) groups is 1. The first kappa shape index (κ1) is 14.0. The molecule has 2 aromatic heterocycles. The van der Waals surface area contributed by atoms with E-state index in [1.165, 1.54) is 0 Å². The van der Waals surface area contributed by atoms with Crippen molar-refractivity contribution in [2.45, 2.75) is 6.42 Å². The number of benzene rings is 1. The Morgan fingerprint density at radius 2 is 2.22 bits per heavy atom. The van der Waals surface area contributed by atoms with Crippen molar-refractivity contribution in [3.05, 3.63) is 41.1 Å². The maximum absolute atomic E-state index is 12.0. The first-order valence-corrected chi connectivity index (χ1v) is 8.27. The molecule has 0 atom stereocenters. The second kappa shape index (κ2) is 5.85. The molecule has 1 aliphatic heterocycles. The van der Waals surface area contributed by atoms with Gasteiger partial charge in [0.25, 0.3) is 5.89 Å². The van der Waals surface area contributed by atoms with E-state index in [-0.39, 0.29) is 6.03 Å². The summed E-state index contributed by atoms with van der Waals surface area (Å²) in [6, 6.07) is 9.48. The fourth-order valence-electron chi connectivity index (χ4n) is 2.53. The highest BCUT2D eigenvalue weighted by Gasteiger charge is 2.20. The van der Waals surface area contributed by atoms with E-state index in [1.807, 2.05) is 41.1 Å². The van der Waals surface area contributed by atoms with Crippen molar-refractivity contribution < 1.29 is 9.32 Å². The Kier molecular flexibility index (Phi) is 3.55. The molecule has 116 valence electrons. The van der Waals surface area contributed by atoms with Gasteiger partial charge in [-0.25, -0.2) is 4.79 Å². The van der Waals surface area contributed by atoms with Crippen molar-refractivity contribution >= 4 is 23.1 Å². The Labute approximate surface area is 136 Å². The third-order valence-corrected chi connectivity index (χ3v) is 4.37. The average Bonchev–Trinajstić information content (AvgIpc) is 3.27. The number of urea groups is 1. The summed E-state index contributed by atoms with van der Waals surface area (Å²) >= 11 is 1.59. The Morgan fingerprint density at radius 3 is 3.04 bits per heavy atom. The predicted molar refractivity (Wildman–Crippen MR) is 88.4 cm³/mol. The smallest absolute Gasteiger partial charge is 0.321 e. The predicted octanol–water partition coefficient (Wildman–Crippen LogP) is 3.38. The highest BCUT2D eigenvalue weighted by Crippen LogP contribution is 2.27. The molecule has 0 unspecified atom stereocenters. The molecule has 1 fully saturated rings. The van der Waals surface area contributed by atoms with E-state index in [9.17, 15) is 4.79 Å². The zero-order valence-electron chi connectivity index (χ0n) is 12.2. The first-order valence-electron chi connectivity index (χ1n) is 7.33. The van der Waals surface area contributed by atoms with E-state index in [1.54, 1.807) is 16.2 Å². The number of carbonyl (C=O) groups excluding carboxylic acids is 1. The van der Waals surface area contributed by atoms with Gasteiger partial charge in [-0.05, 0) is 36.1 Å². The molecular formula is C16H14N4O2S. The van der Waals surface area contributed by atoms with Gasteiger partial charge in [0, 0.05) is 35.3 Å². The zero-order chi connectivity index (χ0) is 15.6. The van der Waals surface area contributed by atoms with Gasteiger partial charge in [-0.2, -0.15) is 16.3 Å². The summed E-state index contributed by atoms with van der Waals surface area (Å²) in [5, 5.41) is 10.8. The lowest BCUT2D eigenvalue weighted by molar-refractivity contribution is 0.243. The minimum Gasteiger partial charge on any atom is -0.338 e. The number of hydrogen-bond donors (Lipinski definition) is 1. The van der Waals surface area contributed by atoms with Crippen molar-refractivity contribution in [2.24, 2.45) is 0 Å². The second-order valence-electron chi connectivity index (χ2n) is 5.22. The molecular weight excluding hydrogens is 312 g/mol. The van der Waals surface area contributed by atoms with E-state index in [4.69, 9.17) is 4.52 Å². The minimum atomic E-state index is -0.0714. The van der Waals surface area contributed by atoms with E-state index >= 15 is 0 Å². The summed E-state index contributed by atoms with van der Waals surface area (Å²) < 4.78 is 5.37. The molecule has 0 bridgehead atoms. The van der Waals surface area contributed by atoms with Crippen LogP contribution in [-0.4, -0.2) is 29.3 Å². The molecule has 0 saturated carbocycles. The van der Waals surface area contributed by atoms with Crippen LogP contribution in [0.4, 0.5) is 10.5 Å². The van der Waals surface area contributed by atoms with Crippen LogP contribution in [0.3, 0.4) is 0 Å². The van der Waals surface area contributed by atoms with Gasteiger partial charge in [0.2, 0.25) is 5.82 Å². The summed E-state index contributed by atoms with van der Waals surface area (Å²) in [5.74, 6) is 1.02. The van der Waals surface area contributed by atoms with Gasteiger partial charge in [-0.15, -0.1) is 0 Å². The zero-order valence-corrected chi connectivity index (χ0v) is 13.0. The minimum absolute atomic E-state index is 0.0714. The standard InChI is InChI=1S/C16H14N4O2S/c21-16-17-6-2-7-20(16)13-4-1-3-11(9-13)15-18-14(19-22-15)12-5-8-23-10-12/h1,3-5,8-10H,2,6-7H2,(H,17,21). The number of aromatic nitrogens is 2. The van der Waals surface area contributed by atoms with E-state index in [0.29, 0.717) is 18.3 Å². The van der Waals surface area contributed by atoms with Crippen molar-refractivity contribution in [1.82, 2.24) is 15.5 Å². The Bertz CT molecular complexity index is 828. The number of hydrogen-bond acceptors (Lipinski definition) is 5. The summed E-state index contributed by atoms with van der Waals surface area (Å²) in [6.07, 6.45) is 0.929. The molecule has 1 aliphatic rings. The second-order valence-corrected chi connectivity index (χ2v) is 6.00. The summed E-state index contributed by atoms with van der Waals surface area (Å²) in [7, 11) is 0. The lowest BCUT2D eigenvalue weighted by Gasteiger charge is -2.27. The molecule has 6 nitrogen and oxygen atoms in total. The molecule has 4 rings (SSSR count). The fraction of sp³-hybridized carbons (Fsp3) is 0.188. The normalized spacial score (nSPS) is 14.8. The van der Waals surface area contributed by atoms with Crippen molar-refractivity contribution in [3.63, 3.8) is 0 Å². The molecule has 7 heteroatoms. The average molecular weight is 326 g/mol. The highest BCUT2D eigenvalue weighted by molar-refractivity contribution is 7.08.